The second kappa shape index (κ2) is 7.52. The molecule has 3 heterocycles. The number of hydrogen-bond donors (Lipinski definition) is 0. The lowest BCUT2D eigenvalue weighted by molar-refractivity contribution is 0.0534. The molecule has 2 aliphatic rings. The quantitative estimate of drug-likeness (QED) is 0.761. The lowest BCUT2D eigenvalue weighted by atomic mass is 10.0. The van der Waals surface area contributed by atoms with Gasteiger partial charge >= 0.3 is 0 Å². The van der Waals surface area contributed by atoms with Crippen LogP contribution in [0.25, 0.3) is 0 Å². The number of likely N-dealkylation sites (tertiary alicyclic amines) is 1. The molecule has 27 heavy (non-hydrogen) atoms. The van der Waals surface area contributed by atoms with Gasteiger partial charge in [0.05, 0.1) is 13.2 Å². The van der Waals surface area contributed by atoms with Gasteiger partial charge in [-0.2, -0.15) is 4.31 Å². The van der Waals surface area contributed by atoms with E-state index in [2.05, 4.69) is 22.4 Å². The van der Waals surface area contributed by atoms with Crippen LogP contribution in [0, 0.1) is 0 Å². The maximum absolute atomic E-state index is 13.2. The standard InChI is InChI=1S/C19H24N2O4S2/c1-24-11-10-21-15-19(8-9-20(14-19)13-16-5-4-12-26-16)25-17-6-2-3-7-18(17)27(21,22)23/h2-7,12H,8-11,13-15H2,1H3/t19-/m1/s1. The topological polar surface area (TPSA) is 59.1 Å². The van der Waals surface area contributed by atoms with Crippen molar-refractivity contribution in [2.45, 2.75) is 23.5 Å². The molecular weight excluding hydrogens is 384 g/mol. The Labute approximate surface area is 164 Å². The van der Waals surface area contributed by atoms with E-state index >= 15 is 0 Å². The summed E-state index contributed by atoms with van der Waals surface area (Å²) in [6.45, 7) is 3.49. The lowest BCUT2D eigenvalue weighted by Crippen LogP contribution is -2.49. The average Bonchev–Trinajstić information content (AvgIpc) is 3.28. The van der Waals surface area contributed by atoms with Crippen molar-refractivity contribution in [3.05, 3.63) is 46.7 Å². The summed E-state index contributed by atoms with van der Waals surface area (Å²) in [5, 5.41) is 2.08. The summed E-state index contributed by atoms with van der Waals surface area (Å²) in [4.78, 5) is 3.90. The molecule has 1 aromatic carbocycles. The van der Waals surface area contributed by atoms with E-state index in [1.54, 1.807) is 36.6 Å². The maximum Gasteiger partial charge on any atom is 0.246 e. The first-order valence-corrected chi connectivity index (χ1v) is 11.4. The Balaban J connectivity index is 1.64. The Morgan fingerprint density at radius 1 is 1.22 bits per heavy atom. The number of hydrogen-bond acceptors (Lipinski definition) is 6. The van der Waals surface area contributed by atoms with Gasteiger partial charge in [-0.1, -0.05) is 18.2 Å². The highest BCUT2D eigenvalue weighted by atomic mass is 32.2. The van der Waals surface area contributed by atoms with E-state index in [0.29, 0.717) is 32.0 Å². The highest BCUT2D eigenvalue weighted by Crippen LogP contribution is 2.38. The highest BCUT2D eigenvalue weighted by molar-refractivity contribution is 7.89. The number of thiophene rings is 1. The molecular formula is C19H24N2O4S2. The van der Waals surface area contributed by atoms with Gasteiger partial charge in [-0.3, -0.25) is 4.90 Å². The number of sulfonamides is 1. The summed E-state index contributed by atoms with van der Waals surface area (Å²) in [6, 6.07) is 11.1. The molecule has 6 nitrogen and oxygen atoms in total. The molecule has 4 rings (SSSR count). The first-order chi connectivity index (χ1) is 13.0. The van der Waals surface area contributed by atoms with Crippen LogP contribution in [0.5, 0.6) is 5.75 Å². The molecule has 0 amide bonds. The molecule has 146 valence electrons. The first kappa shape index (κ1) is 18.9. The summed E-state index contributed by atoms with van der Waals surface area (Å²) >= 11 is 1.74. The minimum Gasteiger partial charge on any atom is -0.483 e. The van der Waals surface area contributed by atoms with Crippen molar-refractivity contribution in [2.75, 3.05) is 39.9 Å². The number of fused-ring (bicyclic) bond motifs is 1. The molecule has 0 bridgehead atoms. The number of para-hydroxylation sites is 1. The first-order valence-electron chi connectivity index (χ1n) is 9.04. The SMILES string of the molecule is COCCN1C[C@]2(CCN(Cc3cccs3)C2)Oc2ccccc2S1(=O)=O. The molecule has 0 N–H and O–H groups in total. The molecule has 1 saturated heterocycles. The van der Waals surface area contributed by atoms with Crippen LogP contribution in [0.2, 0.25) is 0 Å². The van der Waals surface area contributed by atoms with Gasteiger partial charge in [-0.15, -0.1) is 11.3 Å². The molecule has 0 radical (unpaired) electrons. The molecule has 2 aromatic rings. The van der Waals surface area contributed by atoms with Crippen LogP contribution >= 0.6 is 11.3 Å². The molecule has 8 heteroatoms. The molecule has 1 aromatic heterocycles. The van der Waals surface area contributed by atoms with Gasteiger partial charge in [0.25, 0.3) is 0 Å². The van der Waals surface area contributed by atoms with Crippen molar-refractivity contribution in [1.29, 1.82) is 0 Å². The second-order valence-corrected chi connectivity index (χ2v) is 10.0. The predicted molar refractivity (Wildman–Crippen MR) is 105 cm³/mol. The van der Waals surface area contributed by atoms with E-state index in [9.17, 15) is 8.42 Å². The average molecular weight is 409 g/mol. The molecule has 2 aliphatic heterocycles. The number of nitrogens with zero attached hydrogens (tertiary/aromatic N) is 2. The minimum absolute atomic E-state index is 0.245. The van der Waals surface area contributed by atoms with Gasteiger partial charge in [0, 0.05) is 44.6 Å². The van der Waals surface area contributed by atoms with E-state index in [0.717, 1.165) is 19.5 Å². The van der Waals surface area contributed by atoms with Crippen LogP contribution in [0.4, 0.5) is 0 Å². The van der Waals surface area contributed by atoms with Crippen LogP contribution in [0.3, 0.4) is 0 Å². The van der Waals surface area contributed by atoms with E-state index in [-0.39, 0.29) is 4.90 Å². The number of ether oxygens (including phenoxy) is 2. The van der Waals surface area contributed by atoms with Crippen molar-refractivity contribution in [3.8, 4) is 5.75 Å². The van der Waals surface area contributed by atoms with Crippen molar-refractivity contribution in [3.63, 3.8) is 0 Å². The predicted octanol–water partition coefficient (Wildman–Crippen LogP) is 2.42. The maximum atomic E-state index is 13.2. The fourth-order valence-electron chi connectivity index (χ4n) is 3.85. The van der Waals surface area contributed by atoms with Gasteiger partial charge in [-0.25, -0.2) is 8.42 Å². The molecule has 1 spiro atoms. The zero-order valence-corrected chi connectivity index (χ0v) is 17.0. The van der Waals surface area contributed by atoms with Crippen LogP contribution in [-0.2, 0) is 21.3 Å². The zero-order valence-electron chi connectivity index (χ0n) is 15.3. The Bertz CT molecular complexity index is 885. The molecule has 0 unspecified atom stereocenters. The largest absolute Gasteiger partial charge is 0.483 e. The molecule has 1 fully saturated rings. The number of methoxy groups -OCH3 is 1. The van der Waals surface area contributed by atoms with Crippen LogP contribution in [0.1, 0.15) is 11.3 Å². The zero-order chi connectivity index (χ0) is 18.9. The lowest BCUT2D eigenvalue weighted by Gasteiger charge is -2.32. The van der Waals surface area contributed by atoms with Gasteiger partial charge in [0.2, 0.25) is 10.0 Å². The third kappa shape index (κ3) is 3.77. The number of rotatable bonds is 5. The van der Waals surface area contributed by atoms with E-state index in [1.807, 2.05) is 6.07 Å². The summed E-state index contributed by atoms with van der Waals surface area (Å²) in [7, 11) is -2.02. The monoisotopic (exact) mass is 408 g/mol. The Morgan fingerprint density at radius 3 is 2.85 bits per heavy atom. The van der Waals surface area contributed by atoms with Crippen molar-refractivity contribution in [2.24, 2.45) is 0 Å². The summed E-state index contributed by atoms with van der Waals surface area (Å²) in [5.74, 6) is 0.454. The van der Waals surface area contributed by atoms with Gasteiger partial charge in [-0.05, 0) is 23.6 Å². The fourth-order valence-corrected chi connectivity index (χ4v) is 6.21. The fraction of sp³-hybridized carbons (Fsp3) is 0.474. The summed E-state index contributed by atoms with van der Waals surface area (Å²) in [5.41, 5.74) is -0.537. The molecule has 0 saturated carbocycles. The Kier molecular flexibility index (Phi) is 5.26. The minimum atomic E-state index is -3.61. The molecule has 1 atom stereocenters. The highest BCUT2D eigenvalue weighted by Gasteiger charge is 2.47. The third-order valence-corrected chi connectivity index (χ3v) is 7.90. The van der Waals surface area contributed by atoms with Crippen molar-refractivity contribution >= 4 is 21.4 Å². The van der Waals surface area contributed by atoms with Crippen molar-refractivity contribution in [1.82, 2.24) is 9.21 Å². The van der Waals surface area contributed by atoms with Crippen LogP contribution in [0.15, 0.2) is 46.7 Å². The Hall–Kier alpha value is -1.45. The Morgan fingerprint density at radius 2 is 2.07 bits per heavy atom. The molecule has 0 aliphatic carbocycles. The van der Waals surface area contributed by atoms with E-state index in [1.165, 1.54) is 9.18 Å². The van der Waals surface area contributed by atoms with Gasteiger partial charge in [0.1, 0.15) is 16.2 Å². The van der Waals surface area contributed by atoms with Crippen molar-refractivity contribution < 1.29 is 17.9 Å². The smallest absolute Gasteiger partial charge is 0.246 e. The van der Waals surface area contributed by atoms with Crippen LogP contribution < -0.4 is 4.74 Å². The van der Waals surface area contributed by atoms with Gasteiger partial charge in [0.15, 0.2) is 0 Å². The summed E-state index contributed by atoms with van der Waals surface area (Å²) < 4.78 is 39.5. The number of benzene rings is 1. The van der Waals surface area contributed by atoms with Crippen LogP contribution in [-0.4, -0.2) is 63.1 Å². The summed E-state index contributed by atoms with van der Waals surface area (Å²) in [6.07, 6.45) is 0.797. The van der Waals surface area contributed by atoms with Gasteiger partial charge < -0.3 is 9.47 Å². The second-order valence-electron chi connectivity index (χ2n) is 7.10. The van der Waals surface area contributed by atoms with E-state index in [4.69, 9.17) is 9.47 Å². The normalized spacial score (nSPS) is 25.2. The van der Waals surface area contributed by atoms with E-state index < -0.39 is 15.6 Å². The third-order valence-electron chi connectivity index (χ3n) is 5.16.